The number of halogens is 1. The maximum atomic E-state index is 10.1. The van der Waals surface area contributed by atoms with Crippen LogP contribution in [0.1, 0.15) is 51.9 Å². The smallest absolute Gasteiger partial charge is 0.0697 e. The Bertz CT molecular complexity index is 216. The van der Waals surface area contributed by atoms with Crippen molar-refractivity contribution >= 4 is 22.6 Å². The molecule has 2 N–H and O–H groups in total. The summed E-state index contributed by atoms with van der Waals surface area (Å²) in [7, 11) is 0. The maximum Gasteiger partial charge on any atom is 0.0697 e. The Balaban J connectivity index is 1.87. The fourth-order valence-corrected chi connectivity index (χ4v) is 4.08. The maximum absolute atomic E-state index is 10.1. The summed E-state index contributed by atoms with van der Waals surface area (Å²) in [6.07, 6.45) is 8.71. The summed E-state index contributed by atoms with van der Waals surface area (Å²) in [4.78, 5) is 0. The van der Waals surface area contributed by atoms with Gasteiger partial charge in [0, 0.05) is 6.04 Å². The van der Waals surface area contributed by atoms with Gasteiger partial charge in [-0.25, -0.2) is 0 Å². The van der Waals surface area contributed by atoms with Crippen molar-refractivity contribution in [1.82, 2.24) is 5.32 Å². The summed E-state index contributed by atoms with van der Waals surface area (Å²) in [6, 6.07) is 0.369. The van der Waals surface area contributed by atoms with Gasteiger partial charge in [0.1, 0.15) is 0 Å². The lowest BCUT2D eigenvalue weighted by atomic mass is 9.75. The summed E-state index contributed by atoms with van der Waals surface area (Å²) in [5, 5.41) is 13.7. The SMILES string of the molecule is CCC1CCC(C2NC(I)CCC2O)CC1. The predicted octanol–water partition coefficient (Wildman–Crippen LogP) is 3.08. The molecule has 3 unspecified atom stereocenters. The Labute approximate surface area is 113 Å². The molecule has 16 heavy (non-hydrogen) atoms. The minimum atomic E-state index is -0.103. The van der Waals surface area contributed by atoms with E-state index in [0.29, 0.717) is 10.1 Å². The average Bonchev–Trinajstić information content (AvgIpc) is 2.32. The van der Waals surface area contributed by atoms with E-state index in [2.05, 4.69) is 34.8 Å². The third kappa shape index (κ3) is 3.10. The lowest BCUT2D eigenvalue weighted by Gasteiger charge is -2.40. The molecule has 0 spiro atoms. The van der Waals surface area contributed by atoms with Gasteiger partial charge >= 0.3 is 0 Å². The highest BCUT2D eigenvalue weighted by Crippen LogP contribution is 2.35. The quantitative estimate of drug-likeness (QED) is 0.461. The number of aliphatic hydroxyl groups is 1. The molecule has 1 saturated carbocycles. The minimum absolute atomic E-state index is 0.103. The average molecular weight is 337 g/mol. The number of hydrogen-bond donors (Lipinski definition) is 2. The zero-order chi connectivity index (χ0) is 11.5. The van der Waals surface area contributed by atoms with Gasteiger partial charge in [-0.2, -0.15) is 0 Å². The summed E-state index contributed by atoms with van der Waals surface area (Å²) in [5.41, 5.74) is 0. The largest absolute Gasteiger partial charge is 0.391 e. The van der Waals surface area contributed by atoms with Gasteiger partial charge in [0.05, 0.1) is 10.2 Å². The number of rotatable bonds is 2. The van der Waals surface area contributed by atoms with E-state index < -0.39 is 0 Å². The van der Waals surface area contributed by atoms with Gasteiger partial charge in [-0.1, -0.05) is 48.8 Å². The molecule has 2 fully saturated rings. The first-order chi connectivity index (χ1) is 7.70. The molecule has 3 heteroatoms. The molecular weight excluding hydrogens is 313 g/mol. The van der Waals surface area contributed by atoms with Crippen LogP contribution in [0.5, 0.6) is 0 Å². The van der Waals surface area contributed by atoms with Crippen LogP contribution in [0.4, 0.5) is 0 Å². The van der Waals surface area contributed by atoms with Crippen LogP contribution < -0.4 is 5.32 Å². The normalized spacial score (nSPS) is 45.6. The van der Waals surface area contributed by atoms with E-state index >= 15 is 0 Å². The van der Waals surface area contributed by atoms with Crippen LogP contribution in [-0.2, 0) is 0 Å². The topological polar surface area (TPSA) is 32.3 Å². The predicted molar refractivity (Wildman–Crippen MR) is 75.7 cm³/mol. The molecular formula is C13H24INO. The number of piperidine rings is 1. The van der Waals surface area contributed by atoms with Crippen molar-refractivity contribution in [3.8, 4) is 0 Å². The Hall–Kier alpha value is 0.650. The molecule has 0 bridgehead atoms. The molecule has 0 amide bonds. The summed E-state index contributed by atoms with van der Waals surface area (Å²) in [5.74, 6) is 1.67. The molecule has 3 atom stereocenters. The Kier molecular flexibility index (Phi) is 4.91. The van der Waals surface area contributed by atoms with Gasteiger partial charge in [0.2, 0.25) is 0 Å². The standard InChI is InChI=1S/C13H24INO/c1-2-9-3-5-10(6-4-9)13-11(16)7-8-12(14)15-13/h9-13,15-16H,2-8H2,1H3. The second kappa shape index (κ2) is 6.01. The summed E-state index contributed by atoms with van der Waals surface area (Å²) >= 11 is 2.47. The first-order valence-electron chi connectivity index (χ1n) is 6.79. The molecule has 1 heterocycles. The van der Waals surface area contributed by atoms with E-state index in [1.165, 1.54) is 32.1 Å². The van der Waals surface area contributed by atoms with Gasteiger partial charge in [-0.05, 0) is 37.5 Å². The van der Waals surface area contributed by atoms with Gasteiger partial charge in [-0.15, -0.1) is 0 Å². The Morgan fingerprint density at radius 1 is 1.12 bits per heavy atom. The molecule has 0 aromatic rings. The van der Waals surface area contributed by atoms with Crippen LogP contribution in [-0.4, -0.2) is 21.3 Å². The zero-order valence-electron chi connectivity index (χ0n) is 10.2. The molecule has 94 valence electrons. The number of nitrogens with one attached hydrogen (secondary N) is 1. The third-order valence-electron chi connectivity index (χ3n) is 4.48. The van der Waals surface area contributed by atoms with Crippen LogP contribution in [0.2, 0.25) is 0 Å². The highest BCUT2D eigenvalue weighted by Gasteiger charge is 2.35. The molecule has 1 aliphatic carbocycles. The van der Waals surface area contributed by atoms with Gasteiger partial charge < -0.3 is 5.11 Å². The van der Waals surface area contributed by atoms with Crippen molar-refractivity contribution < 1.29 is 5.11 Å². The lowest BCUT2D eigenvalue weighted by Crippen LogP contribution is -2.52. The van der Waals surface area contributed by atoms with Crippen LogP contribution in [0, 0.1) is 11.8 Å². The second-order valence-corrected chi connectivity index (χ2v) is 7.00. The molecule has 2 rings (SSSR count). The monoisotopic (exact) mass is 337 g/mol. The van der Waals surface area contributed by atoms with Gasteiger partial charge in [0.15, 0.2) is 0 Å². The molecule has 1 saturated heterocycles. The van der Waals surface area contributed by atoms with Gasteiger partial charge in [-0.3, -0.25) is 5.32 Å². The Morgan fingerprint density at radius 2 is 1.81 bits per heavy atom. The van der Waals surface area contributed by atoms with E-state index in [-0.39, 0.29) is 6.10 Å². The number of hydrogen-bond acceptors (Lipinski definition) is 2. The second-order valence-electron chi connectivity index (χ2n) is 5.49. The van der Waals surface area contributed by atoms with E-state index in [1.54, 1.807) is 0 Å². The molecule has 0 aromatic carbocycles. The summed E-state index contributed by atoms with van der Waals surface area (Å²) < 4.78 is 0.565. The number of alkyl halides is 1. The molecule has 0 aromatic heterocycles. The van der Waals surface area contributed by atoms with Crippen molar-refractivity contribution in [3.63, 3.8) is 0 Å². The molecule has 1 aliphatic heterocycles. The van der Waals surface area contributed by atoms with Crippen LogP contribution in [0.25, 0.3) is 0 Å². The van der Waals surface area contributed by atoms with E-state index in [4.69, 9.17) is 0 Å². The van der Waals surface area contributed by atoms with E-state index in [1.807, 2.05) is 0 Å². The third-order valence-corrected chi connectivity index (χ3v) is 5.46. The highest BCUT2D eigenvalue weighted by molar-refractivity contribution is 14.1. The fraction of sp³-hybridized carbons (Fsp3) is 1.00. The zero-order valence-corrected chi connectivity index (χ0v) is 12.3. The van der Waals surface area contributed by atoms with Crippen molar-refractivity contribution in [2.75, 3.05) is 0 Å². The Morgan fingerprint density at radius 3 is 2.44 bits per heavy atom. The van der Waals surface area contributed by atoms with E-state index in [0.717, 1.165) is 24.7 Å². The van der Waals surface area contributed by atoms with E-state index in [9.17, 15) is 5.11 Å². The van der Waals surface area contributed by atoms with Crippen molar-refractivity contribution in [1.29, 1.82) is 0 Å². The molecule has 2 nitrogen and oxygen atoms in total. The van der Waals surface area contributed by atoms with Crippen LogP contribution >= 0.6 is 22.6 Å². The van der Waals surface area contributed by atoms with Crippen molar-refractivity contribution in [2.24, 2.45) is 11.8 Å². The molecule has 0 radical (unpaired) electrons. The molecule has 2 aliphatic rings. The first-order valence-corrected chi connectivity index (χ1v) is 8.03. The first kappa shape index (κ1) is 13.1. The van der Waals surface area contributed by atoms with Crippen LogP contribution in [0.15, 0.2) is 0 Å². The lowest BCUT2D eigenvalue weighted by molar-refractivity contribution is 0.0495. The summed E-state index contributed by atoms with van der Waals surface area (Å²) in [6.45, 7) is 2.31. The van der Waals surface area contributed by atoms with Crippen molar-refractivity contribution in [2.45, 2.75) is 68.1 Å². The fourth-order valence-electron chi connectivity index (χ4n) is 3.31. The van der Waals surface area contributed by atoms with Crippen LogP contribution in [0.3, 0.4) is 0 Å². The van der Waals surface area contributed by atoms with Gasteiger partial charge in [0.25, 0.3) is 0 Å². The highest BCUT2D eigenvalue weighted by atomic mass is 127. The number of aliphatic hydroxyl groups excluding tert-OH is 1. The van der Waals surface area contributed by atoms with Crippen molar-refractivity contribution in [3.05, 3.63) is 0 Å². The minimum Gasteiger partial charge on any atom is -0.391 e.